The molecule has 0 atom stereocenters. The molecule has 142 valence electrons. The Kier molecular flexibility index (Phi) is 7.51. The third-order valence-corrected chi connectivity index (χ3v) is 3.59. The summed E-state index contributed by atoms with van der Waals surface area (Å²) < 4.78 is 10.1. The number of hydrogen-bond acceptors (Lipinski definition) is 5. The number of anilines is 1. The Morgan fingerprint density at radius 3 is 2.52 bits per heavy atom. The smallest absolute Gasteiger partial charge is 0.426 e. The molecule has 0 aromatic heterocycles. The van der Waals surface area contributed by atoms with Crippen molar-refractivity contribution in [2.24, 2.45) is 0 Å². The van der Waals surface area contributed by atoms with E-state index in [4.69, 9.17) is 21.1 Å². The van der Waals surface area contributed by atoms with Crippen LogP contribution in [0, 0.1) is 0 Å². The summed E-state index contributed by atoms with van der Waals surface area (Å²) in [5, 5.41) is 3.20. The van der Waals surface area contributed by atoms with Gasteiger partial charge in [-0.15, -0.1) is 0 Å². The first-order valence-electron chi connectivity index (χ1n) is 8.01. The lowest BCUT2D eigenvalue weighted by Crippen LogP contribution is -2.37. The molecule has 0 fully saturated rings. The van der Waals surface area contributed by atoms with Gasteiger partial charge in [0.15, 0.2) is 0 Å². The summed E-state index contributed by atoms with van der Waals surface area (Å²) in [6.45, 7) is 3.78. The van der Waals surface area contributed by atoms with Crippen LogP contribution in [-0.4, -0.2) is 19.1 Å². The lowest BCUT2D eigenvalue weighted by molar-refractivity contribution is -0.115. The van der Waals surface area contributed by atoms with Crippen LogP contribution in [-0.2, 0) is 16.1 Å². The summed E-state index contributed by atoms with van der Waals surface area (Å²) in [5.74, 6) is 0.417. The molecule has 0 aliphatic rings. The minimum atomic E-state index is -0.692. The highest BCUT2D eigenvalue weighted by Crippen LogP contribution is 2.15. The third-order valence-electron chi connectivity index (χ3n) is 3.35. The van der Waals surface area contributed by atoms with Gasteiger partial charge in [-0.05, 0) is 35.9 Å². The van der Waals surface area contributed by atoms with Crippen LogP contribution in [0.1, 0.15) is 12.0 Å². The Morgan fingerprint density at radius 2 is 1.85 bits per heavy atom. The number of hydrazine groups is 1. The van der Waals surface area contributed by atoms with E-state index < -0.39 is 6.09 Å². The molecule has 0 aliphatic heterocycles. The predicted molar refractivity (Wildman–Crippen MR) is 103 cm³/mol. The van der Waals surface area contributed by atoms with E-state index in [1.165, 1.54) is 0 Å². The Balaban J connectivity index is 1.67. The van der Waals surface area contributed by atoms with Crippen LogP contribution >= 0.6 is 11.6 Å². The van der Waals surface area contributed by atoms with E-state index in [1.54, 1.807) is 55.6 Å². The number of carbonyl (C=O) groups is 2. The van der Waals surface area contributed by atoms with E-state index in [1.807, 2.05) is 0 Å². The molecule has 0 saturated heterocycles. The first kappa shape index (κ1) is 20.1. The molecule has 0 unspecified atom stereocenters. The molecule has 7 nitrogen and oxygen atoms in total. The number of methoxy groups -OCH3 is 1. The van der Waals surface area contributed by atoms with Gasteiger partial charge in [0.2, 0.25) is 5.91 Å². The fourth-order valence-corrected chi connectivity index (χ4v) is 2.25. The number of ether oxygens (including phenoxy) is 2. The quantitative estimate of drug-likeness (QED) is 0.600. The van der Waals surface area contributed by atoms with Crippen molar-refractivity contribution in [3.63, 3.8) is 0 Å². The van der Waals surface area contributed by atoms with Crippen molar-refractivity contribution in [1.29, 1.82) is 0 Å². The molecule has 2 aromatic carbocycles. The maximum atomic E-state index is 11.9. The number of carbonyl (C=O) groups excluding carboxylic acids is 2. The van der Waals surface area contributed by atoms with Crippen molar-refractivity contribution in [3.05, 3.63) is 71.4 Å². The normalized spacial score (nSPS) is 9.85. The molecule has 0 radical (unpaired) electrons. The molecule has 2 aromatic rings. The van der Waals surface area contributed by atoms with Crippen LogP contribution in [0.15, 0.2) is 60.8 Å². The number of nitrogens with one attached hydrogen (secondary N) is 3. The molecule has 3 N–H and O–H groups in total. The topological polar surface area (TPSA) is 88.7 Å². The largest absolute Gasteiger partial charge is 0.497 e. The Labute approximate surface area is 162 Å². The molecular weight excluding hydrogens is 370 g/mol. The fraction of sp³-hybridized carbons (Fsp3) is 0.158. The standard InChI is InChI=1S/C19H20ClN3O4/c1-13(10-18(24)21-16-5-3-4-15(20)11-16)22-23-19(25)27-12-14-6-8-17(26-2)9-7-14/h3-9,11,22H,1,10,12H2,2H3,(H,21,24)(H,23,25). The number of rotatable bonds is 8. The van der Waals surface area contributed by atoms with Gasteiger partial charge >= 0.3 is 6.09 Å². The van der Waals surface area contributed by atoms with E-state index in [-0.39, 0.29) is 18.9 Å². The second kappa shape index (κ2) is 10.1. The minimum Gasteiger partial charge on any atom is -0.497 e. The van der Waals surface area contributed by atoms with Gasteiger partial charge in [-0.3, -0.25) is 4.79 Å². The van der Waals surface area contributed by atoms with Gasteiger partial charge in [0.25, 0.3) is 0 Å². The summed E-state index contributed by atoms with van der Waals surface area (Å²) in [6.07, 6.45) is -0.729. The first-order chi connectivity index (χ1) is 13.0. The predicted octanol–water partition coefficient (Wildman–Crippen LogP) is 3.62. The summed E-state index contributed by atoms with van der Waals surface area (Å²) in [6, 6.07) is 13.9. The summed E-state index contributed by atoms with van der Waals surface area (Å²) in [4.78, 5) is 23.6. The van der Waals surface area contributed by atoms with Crippen molar-refractivity contribution in [1.82, 2.24) is 10.9 Å². The van der Waals surface area contributed by atoms with Crippen molar-refractivity contribution in [3.8, 4) is 5.75 Å². The van der Waals surface area contributed by atoms with Crippen molar-refractivity contribution in [2.45, 2.75) is 13.0 Å². The van der Waals surface area contributed by atoms with Crippen molar-refractivity contribution >= 4 is 29.3 Å². The highest BCUT2D eigenvalue weighted by Gasteiger charge is 2.07. The molecule has 0 saturated carbocycles. The molecule has 0 heterocycles. The van der Waals surface area contributed by atoms with Gasteiger partial charge in [0.1, 0.15) is 12.4 Å². The van der Waals surface area contributed by atoms with Crippen molar-refractivity contribution < 1.29 is 19.1 Å². The average molecular weight is 390 g/mol. The van der Waals surface area contributed by atoms with Crippen LogP contribution in [0.4, 0.5) is 10.5 Å². The molecule has 27 heavy (non-hydrogen) atoms. The molecule has 8 heteroatoms. The number of hydrogen-bond donors (Lipinski definition) is 3. The molecule has 2 rings (SSSR count). The minimum absolute atomic E-state index is 0.0364. The molecular formula is C19H20ClN3O4. The summed E-state index contributed by atoms with van der Waals surface area (Å²) >= 11 is 5.86. The Morgan fingerprint density at radius 1 is 1.11 bits per heavy atom. The lowest BCUT2D eigenvalue weighted by atomic mass is 10.2. The van der Waals surface area contributed by atoms with Gasteiger partial charge in [0.05, 0.1) is 13.5 Å². The van der Waals surface area contributed by atoms with E-state index in [2.05, 4.69) is 22.7 Å². The molecule has 0 bridgehead atoms. The first-order valence-corrected chi connectivity index (χ1v) is 8.39. The molecule has 0 spiro atoms. The van der Waals surface area contributed by atoms with Crippen molar-refractivity contribution in [2.75, 3.05) is 12.4 Å². The van der Waals surface area contributed by atoms with E-state index in [9.17, 15) is 9.59 Å². The zero-order valence-corrected chi connectivity index (χ0v) is 15.5. The van der Waals surface area contributed by atoms with Gasteiger partial charge in [-0.25, -0.2) is 10.2 Å². The van der Waals surface area contributed by atoms with Gasteiger partial charge < -0.3 is 20.2 Å². The monoisotopic (exact) mass is 389 g/mol. The van der Waals surface area contributed by atoms with E-state index >= 15 is 0 Å². The highest BCUT2D eigenvalue weighted by molar-refractivity contribution is 6.30. The van der Waals surface area contributed by atoms with Crippen LogP contribution in [0.2, 0.25) is 5.02 Å². The van der Waals surface area contributed by atoms with Crippen LogP contribution in [0.5, 0.6) is 5.75 Å². The average Bonchev–Trinajstić information content (AvgIpc) is 2.65. The lowest BCUT2D eigenvalue weighted by Gasteiger charge is -2.12. The molecule has 2 amide bonds. The summed E-state index contributed by atoms with van der Waals surface area (Å²) in [7, 11) is 1.58. The summed E-state index contributed by atoms with van der Waals surface area (Å²) in [5.41, 5.74) is 6.54. The van der Waals surface area contributed by atoms with E-state index in [0.29, 0.717) is 16.4 Å². The van der Waals surface area contributed by atoms with Crippen LogP contribution in [0.25, 0.3) is 0 Å². The number of benzene rings is 2. The fourth-order valence-electron chi connectivity index (χ4n) is 2.06. The van der Waals surface area contributed by atoms with Crippen LogP contribution in [0.3, 0.4) is 0 Å². The van der Waals surface area contributed by atoms with Gasteiger partial charge in [-0.1, -0.05) is 36.4 Å². The highest BCUT2D eigenvalue weighted by atomic mass is 35.5. The van der Waals surface area contributed by atoms with Gasteiger partial charge in [0, 0.05) is 16.4 Å². The Hall–Kier alpha value is -3.19. The third kappa shape index (κ3) is 7.29. The van der Waals surface area contributed by atoms with E-state index in [0.717, 1.165) is 11.3 Å². The SMILES string of the molecule is C=C(CC(=O)Nc1cccc(Cl)c1)NNC(=O)OCc1ccc(OC)cc1. The van der Waals surface area contributed by atoms with Gasteiger partial charge in [-0.2, -0.15) is 0 Å². The second-order valence-corrected chi connectivity index (χ2v) is 5.95. The maximum absolute atomic E-state index is 11.9. The molecule has 0 aliphatic carbocycles. The number of halogens is 1. The Bertz CT molecular complexity index is 809. The zero-order valence-electron chi connectivity index (χ0n) is 14.8. The number of amides is 2. The van der Waals surface area contributed by atoms with Crippen LogP contribution < -0.4 is 20.9 Å². The zero-order chi connectivity index (χ0) is 19.6. The second-order valence-electron chi connectivity index (χ2n) is 5.51. The maximum Gasteiger partial charge on any atom is 0.426 e.